The molecule has 4 nitrogen and oxygen atoms in total. The number of nitrogens with zero attached hydrogens (tertiary/aromatic N) is 2. The minimum Gasteiger partial charge on any atom is -0.438 e. The van der Waals surface area contributed by atoms with Gasteiger partial charge in [0.05, 0.1) is 11.1 Å². The van der Waals surface area contributed by atoms with Gasteiger partial charge in [0.25, 0.3) is 5.91 Å². The molecule has 0 aliphatic carbocycles. The molecule has 1 amide bonds. The molecule has 2 heterocycles. The van der Waals surface area contributed by atoms with Crippen LogP contribution in [0.5, 0.6) is 0 Å². The van der Waals surface area contributed by atoms with Gasteiger partial charge in [-0.05, 0) is 13.3 Å². The lowest BCUT2D eigenvalue weighted by atomic mass is 10.3. The van der Waals surface area contributed by atoms with Crippen molar-refractivity contribution in [3.8, 4) is 0 Å². The Kier molecular flexibility index (Phi) is 2.46. The summed E-state index contributed by atoms with van der Waals surface area (Å²) in [5.41, 5.74) is 0.632. The fourth-order valence-electron chi connectivity index (χ4n) is 1.55. The fourth-order valence-corrected chi connectivity index (χ4v) is 1.82. The van der Waals surface area contributed by atoms with E-state index in [0.29, 0.717) is 24.5 Å². The first-order valence-electron chi connectivity index (χ1n) is 4.52. The molecule has 1 aromatic rings. The van der Waals surface area contributed by atoms with Crippen LogP contribution in [0, 0.1) is 6.92 Å². The number of amides is 1. The second-order valence-electron chi connectivity index (χ2n) is 3.40. The van der Waals surface area contributed by atoms with Crippen LogP contribution in [0.3, 0.4) is 0 Å². The molecule has 1 fully saturated rings. The molecule has 14 heavy (non-hydrogen) atoms. The number of likely N-dealkylation sites (tertiary alicyclic amines) is 1. The lowest BCUT2D eigenvalue weighted by molar-refractivity contribution is 0.0760. The zero-order chi connectivity index (χ0) is 10.1. The van der Waals surface area contributed by atoms with Gasteiger partial charge in [-0.1, -0.05) is 0 Å². The number of aromatic nitrogens is 1. The summed E-state index contributed by atoms with van der Waals surface area (Å²) < 4.78 is 5.03. The van der Waals surface area contributed by atoms with Crippen LogP contribution in [0.25, 0.3) is 0 Å². The standard InChI is InChI=1S/C9H11ClN2O2/c1-6-8(14-5-11-6)9(13)12-3-2-7(10)4-12/h5,7H,2-4H2,1H3. The van der Waals surface area contributed by atoms with E-state index < -0.39 is 0 Å². The summed E-state index contributed by atoms with van der Waals surface area (Å²) in [6.45, 7) is 3.05. The van der Waals surface area contributed by atoms with Crippen LogP contribution in [0.1, 0.15) is 22.7 Å². The van der Waals surface area contributed by atoms with Crippen LogP contribution in [0.2, 0.25) is 0 Å². The number of halogens is 1. The van der Waals surface area contributed by atoms with E-state index in [1.807, 2.05) is 0 Å². The fraction of sp³-hybridized carbons (Fsp3) is 0.556. The van der Waals surface area contributed by atoms with E-state index in [4.69, 9.17) is 16.0 Å². The van der Waals surface area contributed by atoms with Crippen molar-refractivity contribution in [2.24, 2.45) is 0 Å². The number of carbonyl (C=O) groups excluding carboxylic acids is 1. The van der Waals surface area contributed by atoms with Crippen LogP contribution in [0.4, 0.5) is 0 Å². The van der Waals surface area contributed by atoms with Crippen LogP contribution in [-0.4, -0.2) is 34.3 Å². The SMILES string of the molecule is Cc1ncoc1C(=O)N1CCC(Cl)C1. The third-order valence-electron chi connectivity index (χ3n) is 2.36. The average Bonchev–Trinajstić information content (AvgIpc) is 2.73. The minimum atomic E-state index is -0.108. The van der Waals surface area contributed by atoms with Gasteiger partial charge < -0.3 is 9.32 Å². The van der Waals surface area contributed by atoms with Crippen molar-refractivity contribution < 1.29 is 9.21 Å². The Balaban J connectivity index is 2.13. The summed E-state index contributed by atoms with van der Waals surface area (Å²) in [5.74, 6) is 0.221. The first-order valence-corrected chi connectivity index (χ1v) is 4.95. The molecule has 1 aromatic heterocycles. The summed E-state index contributed by atoms with van der Waals surface area (Å²) in [6.07, 6.45) is 2.14. The van der Waals surface area contributed by atoms with E-state index in [0.717, 1.165) is 6.42 Å². The van der Waals surface area contributed by atoms with Crippen molar-refractivity contribution in [1.82, 2.24) is 9.88 Å². The molecule has 5 heteroatoms. The summed E-state index contributed by atoms with van der Waals surface area (Å²) in [7, 11) is 0. The molecule has 1 aliphatic rings. The van der Waals surface area contributed by atoms with Gasteiger partial charge in [0, 0.05) is 13.1 Å². The Hall–Kier alpha value is -1.03. The average molecular weight is 215 g/mol. The first kappa shape index (κ1) is 9.52. The molecule has 0 radical (unpaired) electrons. The summed E-state index contributed by atoms with van der Waals surface area (Å²) >= 11 is 5.91. The Morgan fingerprint density at radius 3 is 3.07 bits per heavy atom. The van der Waals surface area contributed by atoms with Gasteiger partial charge in [0.15, 0.2) is 6.39 Å². The number of hydrogen-bond donors (Lipinski definition) is 0. The zero-order valence-corrected chi connectivity index (χ0v) is 8.62. The highest BCUT2D eigenvalue weighted by Crippen LogP contribution is 2.18. The molecule has 1 aliphatic heterocycles. The van der Waals surface area contributed by atoms with Gasteiger partial charge in [0.2, 0.25) is 5.76 Å². The minimum absolute atomic E-state index is 0.0715. The molecule has 2 rings (SSSR count). The Morgan fingerprint density at radius 2 is 2.57 bits per heavy atom. The summed E-state index contributed by atoms with van der Waals surface area (Å²) in [4.78, 5) is 17.4. The number of aryl methyl sites for hydroxylation is 1. The smallest absolute Gasteiger partial charge is 0.291 e. The molecule has 0 aromatic carbocycles. The van der Waals surface area contributed by atoms with Gasteiger partial charge in [-0.3, -0.25) is 4.79 Å². The highest BCUT2D eigenvalue weighted by atomic mass is 35.5. The molecule has 0 spiro atoms. The lowest BCUT2D eigenvalue weighted by Gasteiger charge is -2.13. The van der Waals surface area contributed by atoms with Gasteiger partial charge in [-0.25, -0.2) is 4.98 Å². The van der Waals surface area contributed by atoms with Crippen molar-refractivity contribution in [3.63, 3.8) is 0 Å². The topological polar surface area (TPSA) is 46.3 Å². The van der Waals surface area contributed by atoms with E-state index in [2.05, 4.69) is 4.98 Å². The number of hydrogen-bond acceptors (Lipinski definition) is 3. The van der Waals surface area contributed by atoms with E-state index in [-0.39, 0.29) is 11.3 Å². The maximum atomic E-state index is 11.8. The molecule has 1 saturated heterocycles. The first-order chi connectivity index (χ1) is 6.68. The zero-order valence-electron chi connectivity index (χ0n) is 7.86. The molecule has 0 saturated carbocycles. The number of oxazole rings is 1. The molecule has 0 bridgehead atoms. The number of carbonyl (C=O) groups is 1. The van der Waals surface area contributed by atoms with Crippen LogP contribution in [-0.2, 0) is 0 Å². The lowest BCUT2D eigenvalue weighted by Crippen LogP contribution is -2.29. The molecular weight excluding hydrogens is 204 g/mol. The maximum Gasteiger partial charge on any atom is 0.291 e. The molecular formula is C9H11ClN2O2. The predicted octanol–water partition coefficient (Wildman–Crippen LogP) is 1.44. The number of rotatable bonds is 1. The van der Waals surface area contributed by atoms with Crippen LogP contribution < -0.4 is 0 Å². The number of alkyl halides is 1. The maximum absolute atomic E-state index is 11.8. The Morgan fingerprint density at radius 1 is 1.79 bits per heavy atom. The van der Waals surface area contributed by atoms with E-state index in [1.54, 1.807) is 11.8 Å². The van der Waals surface area contributed by atoms with Crippen molar-refractivity contribution >= 4 is 17.5 Å². The highest BCUT2D eigenvalue weighted by Gasteiger charge is 2.28. The predicted molar refractivity (Wildman–Crippen MR) is 51.4 cm³/mol. The second-order valence-corrected chi connectivity index (χ2v) is 4.02. The van der Waals surface area contributed by atoms with E-state index in [9.17, 15) is 4.79 Å². The third kappa shape index (κ3) is 1.62. The quantitative estimate of drug-likeness (QED) is 0.665. The Labute approximate surface area is 86.9 Å². The summed E-state index contributed by atoms with van der Waals surface area (Å²) in [5, 5.41) is 0.0715. The molecule has 1 unspecified atom stereocenters. The molecule has 0 N–H and O–H groups in total. The van der Waals surface area contributed by atoms with Crippen LogP contribution >= 0.6 is 11.6 Å². The van der Waals surface area contributed by atoms with E-state index >= 15 is 0 Å². The highest BCUT2D eigenvalue weighted by molar-refractivity contribution is 6.21. The van der Waals surface area contributed by atoms with Gasteiger partial charge in [-0.2, -0.15) is 0 Å². The van der Waals surface area contributed by atoms with E-state index in [1.165, 1.54) is 6.39 Å². The van der Waals surface area contributed by atoms with Gasteiger partial charge in [-0.15, -0.1) is 11.6 Å². The van der Waals surface area contributed by atoms with Crippen LogP contribution in [0.15, 0.2) is 10.8 Å². The van der Waals surface area contributed by atoms with Crippen molar-refractivity contribution in [2.45, 2.75) is 18.7 Å². The van der Waals surface area contributed by atoms with Gasteiger partial charge >= 0.3 is 0 Å². The van der Waals surface area contributed by atoms with Crippen molar-refractivity contribution in [3.05, 3.63) is 17.8 Å². The molecule has 76 valence electrons. The van der Waals surface area contributed by atoms with Gasteiger partial charge in [0.1, 0.15) is 0 Å². The van der Waals surface area contributed by atoms with Crippen molar-refractivity contribution in [1.29, 1.82) is 0 Å². The van der Waals surface area contributed by atoms with Crippen molar-refractivity contribution in [2.75, 3.05) is 13.1 Å². The molecule has 1 atom stereocenters. The summed E-state index contributed by atoms with van der Waals surface area (Å²) in [6, 6.07) is 0. The largest absolute Gasteiger partial charge is 0.438 e. The second kappa shape index (κ2) is 3.61. The third-order valence-corrected chi connectivity index (χ3v) is 2.71. The monoisotopic (exact) mass is 214 g/mol. The normalized spacial score (nSPS) is 21.6. The Bertz CT molecular complexity index is 350.